The third-order valence-electron chi connectivity index (χ3n) is 7.62. The first-order valence-corrected chi connectivity index (χ1v) is 13.6. The third kappa shape index (κ3) is 7.61. The fourth-order valence-electron chi connectivity index (χ4n) is 5.46. The topological polar surface area (TPSA) is 70.2 Å². The van der Waals surface area contributed by atoms with Crippen LogP contribution in [0.25, 0.3) is 0 Å². The van der Waals surface area contributed by atoms with Crippen LogP contribution in [0.3, 0.4) is 0 Å². The standard InChI is InChI=1S/C29H31F6N3O4/c1-19-5-4-14-37(17-19)23-12-15-36(16-13-23)25(39)20-8-10-21(11-9-20)26(40)38(42-27(41)29(33,34)35)18-22-6-2-3-7-24(22)28(30,31)32/h2-3,6-11,19,23H,4-5,12-18H2,1H3. The van der Waals surface area contributed by atoms with Crippen molar-refractivity contribution in [2.24, 2.45) is 5.92 Å². The number of alkyl halides is 6. The lowest BCUT2D eigenvalue weighted by Gasteiger charge is -2.41. The summed E-state index contributed by atoms with van der Waals surface area (Å²) in [4.78, 5) is 46.1. The molecule has 13 heteroatoms. The van der Waals surface area contributed by atoms with Gasteiger partial charge < -0.3 is 9.74 Å². The molecule has 0 spiro atoms. The van der Waals surface area contributed by atoms with Crippen LogP contribution in [0.2, 0.25) is 0 Å². The summed E-state index contributed by atoms with van der Waals surface area (Å²) in [6.45, 7) is 4.34. The van der Waals surface area contributed by atoms with Gasteiger partial charge in [-0.15, -0.1) is 0 Å². The van der Waals surface area contributed by atoms with Gasteiger partial charge in [-0.05, 0) is 74.0 Å². The molecular formula is C29H31F6N3O4. The number of piperidine rings is 2. The van der Waals surface area contributed by atoms with E-state index in [4.69, 9.17) is 0 Å². The number of halogens is 6. The van der Waals surface area contributed by atoms with Crippen molar-refractivity contribution in [2.75, 3.05) is 26.2 Å². The molecule has 0 aromatic heterocycles. The third-order valence-corrected chi connectivity index (χ3v) is 7.62. The summed E-state index contributed by atoms with van der Waals surface area (Å²) in [5, 5.41) is -0.0660. The van der Waals surface area contributed by atoms with Gasteiger partial charge in [-0.1, -0.05) is 25.1 Å². The Morgan fingerprint density at radius 2 is 1.50 bits per heavy atom. The van der Waals surface area contributed by atoms with Crippen molar-refractivity contribution in [1.29, 1.82) is 0 Å². The second-order valence-corrected chi connectivity index (χ2v) is 10.7. The van der Waals surface area contributed by atoms with Gasteiger partial charge in [-0.2, -0.15) is 31.4 Å². The van der Waals surface area contributed by atoms with Gasteiger partial charge in [0.25, 0.3) is 11.8 Å². The van der Waals surface area contributed by atoms with Crippen LogP contribution in [0.1, 0.15) is 64.4 Å². The van der Waals surface area contributed by atoms with Crippen LogP contribution in [0.15, 0.2) is 48.5 Å². The monoisotopic (exact) mass is 599 g/mol. The Hall–Kier alpha value is -3.61. The molecule has 2 aromatic rings. The Labute approximate surface area is 239 Å². The van der Waals surface area contributed by atoms with Crippen LogP contribution in [-0.2, 0) is 22.4 Å². The highest BCUT2D eigenvalue weighted by Gasteiger charge is 2.44. The van der Waals surface area contributed by atoms with Crippen molar-refractivity contribution in [1.82, 2.24) is 14.9 Å². The van der Waals surface area contributed by atoms with E-state index in [1.54, 1.807) is 4.90 Å². The lowest BCUT2D eigenvalue weighted by molar-refractivity contribution is -0.230. The predicted octanol–water partition coefficient (Wildman–Crippen LogP) is 5.70. The molecule has 0 aliphatic carbocycles. The minimum Gasteiger partial charge on any atom is -0.339 e. The molecule has 1 unspecified atom stereocenters. The van der Waals surface area contributed by atoms with Crippen molar-refractivity contribution < 1.29 is 45.6 Å². The summed E-state index contributed by atoms with van der Waals surface area (Å²) in [7, 11) is 0. The van der Waals surface area contributed by atoms with Gasteiger partial charge in [0, 0.05) is 36.8 Å². The van der Waals surface area contributed by atoms with Gasteiger partial charge >= 0.3 is 18.3 Å². The van der Waals surface area contributed by atoms with Gasteiger partial charge in [-0.25, -0.2) is 4.79 Å². The molecule has 2 aliphatic heterocycles. The van der Waals surface area contributed by atoms with Gasteiger partial charge in [0.15, 0.2) is 0 Å². The van der Waals surface area contributed by atoms with Crippen LogP contribution in [0, 0.1) is 5.92 Å². The Morgan fingerprint density at radius 3 is 2.10 bits per heavy atom. The van der Waals surface area contributed by atoms with E-state index in [0.717, 1.165) is 56.6 Å². The molecule has 4 rings (SSSR count). The normalized spacial score (nSPS) is 18.9. The fraction of sp³-hybridized carbons (Fsp3) is 0.483. The predicted molar refractivity (Wildman–Crippen MR) is 139 cm³/mol. The van der Waals surface area contributed by atoms with Crippen LogP contribution in [0.5, 0.6) is 0 Å². The Morgan fingerprint density at radius 1 is 0.881 bits per heavy atom. The van der Waals surface area contributed by atoms with E-state index >= 15 is 0 Å². The SMILES string of the molecule is CC1CCCN(C2CCN(C(=O)c3ccc(C(=O)N(Cc4ccccc4C(F)(F)F)OC(=O)C(F)(F)F)cc3)CC2)C1. The van der Waals surface area contributed by atoms with Crippen LogP contribution >= 0.6 is 0 Å². The Balaban J connectivity index is 1.46. The first kappa shape index (κ1) is 31.3. The smallest absolute Gasteiger partial charge is 0.339 e. The highest BCUT2D eigenvalue weighted by Crippen LogP contribution is 2.33. The first-order valence-electron chi connectivity index (χ1n) is 13.6. The zero-order valence-corrected chi connectivity index (χ0v) is 22.9. The molecule has 2 aromatic carbocycles. The summed E-state index contributed by atoms with van der Waals surface area (Å²) >= 11 is 0. The van der Waals surface area contributed by atoms with E-state index in [1.807, 2.05) is 0 Å². The van der Waals surface area contributed by atoms with E-state index in [9.17, 15) is 40.7 Å². The highest BCUT2D eigenvalue weighted by molar-refractivity contribution is 5.98. The maximum Gasteiger partial charge on any atom is 0.493 e. The molecule has 0 saturated carbocycles. The molecule has 1 atom stereocenters. The van der Waals surface area contributed by atoms with Crippen molar-refractivity contribution in [3.8, 4) is 0 Å². The van der Waals surface area contributed by atoms with Crippen molar-refractivity contribution in [3.05, 3.63) is 70.8 Å². The molecule has 42 heavy (non-hydrogen) atoms. The van der Waals surface area contributed by atoms with Gasteiger partial charge in [0.2, 0.25) is 0 Å². The minimum atomic E-state index is -5.50. The van der Waals surface area contributed by atoms with Crippen LogP contribution < -0.4 is 0 Å². The average molecular weight is 600 g/mol. The number of carbonyl (C=O) groups is 3. The molecule has 2 heterocycles. The summed E-state index contributed by atoms with van der Waals surface area (Å²) in [6, 6.07) is 9.26. The number of benzene rings is 2. The number of rotatable bonds is 5. The van der Waals surface area contributed by atoms with Crippen LogP contribution in [0.4, 0.5) is 26.3 Å². The Bertz CT molecular complexity index is 1270. The molecule has 0 radical (unpaired) electrons. The number of hydrogen-bond donors (Lipinski definition) is 0. The Kier molecular flexibility index (Phi) is 9.49. The molecule has 228 valence electrons. The number of hydroxylamine groups is 2. The lowest BCUT2D eigenvalue weighted by atomic mass is 9.95. The summed E-state index contributed by atoms with van der Waals surface area (Å²) in [6.07, 6.45) is -6.34. The number of amides is 2. The minimum absolute atomic E-state index is 0.0660. The van der Waals surface area contributed by atoms with E-state index in [2.05, 4.69) is 16.7 Å². The maximum absolute atomic E-state index is 13.5. The van der Waals surface area contributed by atoms with E-state index in [0.29, 0.717) is 31.1 Å². The molecule has 2 saturated heterocycles. The van der Waals surface area contributed by atoms with Gasteiger partial charge in [0.05, 0.1) is 12.1 Å². The summed E-state index contributed by atoms with van der Waals surface area (Å²) in [5.41, 5.74) is -1.84. The number of hydrogen-bond acceptors (Lipinski definition) is 5. The zero-order chi connectivity index (χ0) is 30.7. The van der Waals surface area contributed by atoms with Crippen LogP contribution in [-0.4, -0.2) is 71.0 Å². The molecule has 7 nitrogen and oxygen atoms in total. The molecule has 0 bridgehead atoms. The van der Waals surface area contributed by atoms with Crippen molar-refractivity contribution in [2.45, 2.75) is 57.5 Å². The molecule has 2 fully saturated rings. The second-order valence-electron chi connectivity index (χ2n) is 10.7. The number of carbonyl (C=O) groups excluding carboxylic acids is 3. The molecule has 2 amide bonds. The van der Waals surface area contributed by atoms with Gasteiger partial charge in [-0.3, -0.25) is 14.5 Å². The molecule has 2 aliphatic rings. The maximum atomic E-state index is 13.5. The highest BCUT2D eigenvalue weighted by atomic mass is 19.4. The first-order chi connectivity index (χ1) is 19.7. The number of likely N-dealkylation sites (tertiary alicyclic amines) is 2. The van der Waals surface area contributed by atoms with E-state index in [-0.39, 0.29) is 22.1 Å². The van der Waals surface area contributed by atoms with Gasteiger partial charge in [0.1, 0.15) is 0 Å². The molecule has 0 N–H and O–H groups in total. The van der Waals surface area contributed by atoms with E-state index < -0.39 is 41.9 Å². The largest absolute Gasteiger partial charge is 0.493 e. The molecular weight excluding hydrogens is 568 g/mol. The van der Waals surface area contributed by atoms with Crippen molar-refractivity contribution in [3.63, 3.8) is 0 Å². The lowest BCUT2D eigenvalue weighted by Crippen LogP contribution is -2.49. The van der Waals surface area contributed by atoms with Crippen molar-refractivity contribution >= 4 is 17.8 Å². The average Bonchev–Trinajstić information content (AvgIpc) is 2.95. The quantitative estimate of drug-likeness (QED) is 0.326. The fourth-order valence-corrected chi connectivity index (χ4v) is 5.46. The second kappa shape index (κ2) is 12.7. The zero-order valence-electron chi connectivity index (χ0n) is 22.9. The summed E-state index contributed by atoms with van der Waals surface area (Å²) in [5.74, 6) is -3.69. The van der Waals surface area contributed by atoms with E-state index in [1.165, 1.54) is 24.6 Å². The number of nitrogens with zero attached hydrogens (tertiary/aromatic N) is 3. The summed E-state index contributed by atoms with van der Waals surface area (Å²) < 4.78 is 79.1.